The van der Waals surface area contributed by atoms with Crippen LogP contribution < -0.4 is 14.2 Å². The lowest BCUT2D eigenvalue weighted by molar-refractivity contribution is 0.174. The van der Waals surface area contributed by atoms with E-state index in [2.05, 4.69) is 4.72 Å². The molecule has 0 aliphatic carbocycles. The molecule has 0 bridgehead atoms. The molecule has 1 aliphatic rings. The van der Waals surface area contributed by atoms with Gasteiger partial charge in [0.2, 0.25) is 16.8 Å². The number of nitrogens with one attached hydrogen (secondary N) is 1. The van der Waals surface area contributed by atoms with Crippen molar-refractivity contribution in [3.8, 4) is 11.5 Å². The SMILES string of the molecule is CC(C)S(=O)(=O)Nc1ccc(/C=C/c2ccc3c(c2)OCO3)cc1. The summed E-state index contributed by atoms with van der Waals surface area (Å²) in [4.78, 5) is 0. The molecule has 1 aliphatic heterocycles. The Labute approximate surface area is 142 Å². The minimum Gasteiger partial charge on any atom is -0.454 e. The zero-order valence-electron chi connectivity index (χ0n) is 13.5. The molecule has 24 heavy (non-hydrogen) atoms. The number of hydrogen-bond acceptors (Lipinski definition) is 4. The highest BCUT2D eigenvalue weighted by molar-refractivity contribution is 7.93. The molecule has 126 valence electrons. The van der Waals surface area contributed by atoms with Crippen molar-refractivity contribution in [1.29, 1.82) is 0 Å². The van der Waals surface area contributed by atoms with E-state index in [1.807, 2.05) is 42.5 Å². The minimum absolute atomic E-state index is 0.260. The van der Waals surface area contributed by atoms with Gasteiger partial charge in [0.1, 0.15) is 0 Å². The summed E-state index contributed by atoms with van der Waals surface area (Å²) in [5, 5.41) is -0.469. The largest absolute Gasteiger partial charge is 0.454 e. The molecule has 3 rings (SSSR count). The Kier molecular flexibility index (Phi) is 4.49. The molecule has 1 heterocycles. The van der Waals surface area contributed by atoms with E-state index in [9.17, 15) is 8.42 Å². The predicted molar refractivity (Wildman–Crippen MR) is 95.6 cm³/mol. The molecule has 0 fully saturated rings. The van der Waals surface area contributed by atoms with Crippen molar-refractivity contribution in [3.63, 3.8) is 0 Å². The van der Waals surface area contributed by atoms with Crippen LogP contribution in [0.5, 0.6) is 11.5 Å². The fourth-order valence-electron chi connectivity index (χ4n) is 2.15. The van der Waals surface area contributed by atoms with E-state index in [0.29, 0.717) is 5.69 Å². The molecular formula is C18H19NO4S. The van der Waals surface area contributed by atoms with Crippen LogP contribution in [0, 0.1) is 0 Å². The lowest BCUT2D eigenvalue weighted by atomic mass is 10.1. The molecule has 0 saturated carbocycles. The number of ether oxygens (including phenoxy) is 2. The topological polar surface area (TPSA) is 64.6 Å². The van der Waals surface area contributed by atoms with Crippen LogP contribution in [0.3, 0.4) is 0 Å². The van der Waals surface area contributed by atoms with Gasteiger partial charge in [-0.15, -0.1) is 0 Å². The Hall–Kier alpha value is -2.47. The van der Waals surface area contributed by atoms with Crippen molar-refractivity contribution in [3.05, 3.63) is 53.6 Å². The lowest BCUT2D eigenvalue weighted by Gasteiger charge is -2.10. The van der Waals surface area contributed by atoms with Crippen LogP contribution in [-0.2, 0) is 10.0 Å². The van der Waals surface area contributed by atoms with Crippen molar-refractivity contribution in [2.24, 2.45) is 0 Å². The zero-order chi connectivity index (χ0) is 17.2. The Bertz CT molecular complexity index is 855. The zero-order valence-corrected chi connectivity index (χ0v) is 14.3. The fraction of sp³-hybridized carbons (Fsp3) is 0.222. The Morgan fingerprint density at radius 3 is 2.29 bits per heavy atom. The third-order valence-electron chi connectivity index (χ3n) is 3.66. The standard InChI is InChI=1S/C18H19NO4S/c1-13(2)24(20,21)19-16-8-5-14(6-9-16)3-4-15-7-10-17-18(11-15)23-12-22-17/h3-11,13,19H,12H2,1-2H3/b4-3+. The van der Waals surface area contributed by atoms with E-state index < -0.39 is 15.3 Å². The van der Waals surface area contributed by atoms with Crippen molar-refractivity contribution in [1.82, 2.24) is 0 Å². The van der Waals surface area contributed by atoms with Gasteiger partial charge in [-0.3, -0.25) is 4.72 Å². The molecule has 0 spiro atoms. The summed E-state index contributed by atoms with van der Waals surface area (Å²) in [7, 11) is -3.32. The first-order valence-electron chi connectivity index (χ1n) is 7.63. The Morgan fingerprint density at radius 2 is 1.58 bits per heavy atom. The fourth-order valence-corrected chi connectivity index (χ4v) is 2.85. The molecule has 2 aromatic carbocycles. The summed E-state index contributed by atoms with van der Waals surface area (Å²) in [6.07, 6.45) is 3.92. The summed E-state index contributed by atoms with van der Waals surface area (Å²) in [5.41, 5.74) is 2.54. The highest BCUT2D eigenvalue weighted by atomic mass is 32.2. The molecule has 0 atom stereocenters. The molecular weight excluding hydrogens is 326 g/mol. The summed E-state index contributed by atoms with van der Waals surface area (Å²) in [6.45, 7) is 3.55. The molecule has 0 unspecified atom stereocenters. The van der Waals surface area contributed by atoms with Crippen LogP contribution in [0.25, 0.3) is 12.2 Å². The molecule has 6 heteroatoms. The first-order valence-corrected chi connectivity index (χ1v) is 9.18. The van der Waals surface area contributed by atoms with Gasteiger partial charge in [0.25, 0.3) is 0 Å². The molecule has 0 amide bonds. The van der Waals surface area contributed by atoms with Crippen LogP contribution >= 0.6 is 0 Å². The summed E-state index contributed by atoms with van der Waals surface area (Å²) < 4.78 is 36.9. The van der Waals surface area contributed by atoms with E-state index in [4.69, 9.17) is 9.47 Å². The van der Waals surface area contributed by atoms with Gasteiger partial charge in [0.05, 0.1) is 5.25 Å². The van der Waals surface area contributed by atoms with Gasteiger partial charge < -0.3 is 9.47 Å². The molecule has 0 saturated heterocycles. The average Bonchev–Trinajstić information content (AvgIpc) is 3.01. The first kappa shape index (κ1) is 16.4. The maximum atomic E-state index is 11.8. The van der Waals surface area contributed by atoms with E-state index in [1.54, 1.807) is 26.0 Å². The highest BCUT2D eigenvalue weighted by Gasteiger charge is 2.15. The average molecular weight is 345 g/mol. The van der Waals surface area contributed by atoms with Crippen molar-refractivity contribution in [2.75, 3.05) is 11.5 Å². The van der Waals surface area contributed by atoms with E-state index in [0.717, 1.165) is 22.6 Å². The normalized spacial score (nSPS) is 13.6. The predicted octanol–water partition coefficient (Wildman–Crippen LogP) is 3.74. The third-order valence-corrected chi connectivity index (χ3v) is 5.42. The number of hydrogen-bond donors (Lipinski definition) is 1. The lowest BCUT2D eigenvalue weighted by Crippen LogP contribution is -2.22. The van der Waals surface area contributed by atoms with Gasteiger partial charge in [0, 0.05) is 5.69 Å². The molecule has 5 nitrogen and oxygen atoms in total. The van der Waals surface area contributed by atoms with Gasteiger partial charge >= 0.3 is 0 Å². The third kappa shape index (κ3) is 3.71. The second kappa shape index (κ2) is 6.57. The van der Waals surface area contributed by atoms with Gasteiger partial charge in [-0.1, -0.05) is 30.4 Å². The maximum Gasteiger partial charge on any atom is 0.235 e. The number of fused-ring (bicyclic) bond motifs is 1. The Morgan fingerprint density at radius 1 is 0.958 bits per heavy atom. The van der Waals surface area contributed by atoms with E-state index in [1.165, 1.54) is 0 Å². The molecule has 0 aromatic heterocycles. The summed E-state index contributed by atoms with van der Waals surface area (Å²) in [5.74, 6) is 1.50. The van der Waals surface area contributed by atoms with Crippen LogP contribution in [0.4, 0.5) is 5.69 Å². The number of benzene rings is 2. The van der Waals surface area contributed by atoms with Gasteiger partial charge in [-0.25, -0.2) is 8.42 Å². The van der Waals surface area contributed by atoms with Crippen LogP contribution in [-0.4, -0.2) is 20.5 Å². The van der Waals surface area contributed by atoms with Crippen LogP contribution in [0.2, 0.25) is 0 Å². The van der Waals surface area contributed by atoms with E-state index in [-0.39, 0.29) is 6.79 Å². The second-order valence-electron chi connectivity index (χ2n) is 5.76. The van der Waals surface area contributed by atoms with Gasteiger partial charge in [-0.05, 0) is 49.2 Å². The molecule has 0 radical (unpaired) electrons. The Balaban J connectivity index is 1.70. The number of anilines is 1. The van der Waals surface area contributed by atoms with Crippen molar-refractivity contribution in [2.45, 2.75) is 19.1 Å². The summed E-state index contributed by atoms with van der Waals surface area (Å²) >= 11 is 0. The van der Waals surface area contributed by atoms with Crippen LogP contribution in [0.1, 0.15) is 25.0 Å². The monoisotopic (exact) mass is 345 g/mol. The van der Waals surface area contributed by atoms with E-state index >= 15 is 0 Å². The smallest absolute Gasteiger partial charge is 0.235 e. The van der Waals surface area contributed by atoms with Gasteiger partial charge in [0.15, 0.2) is 11.5 Å². The highest BCUT2D eigenvalue weighted by Crippen LogP contribution is 2.33. The molecule has 2 aromatic rings. The van der Waals surface area contributed by atoms with Gasteiger partial charge in [-0.2, -0.15) is 0 Å². The quantitative estimate of drug-likeness (QED) is 0.839. The number of rotatable bonds is 5. The van der Waals surface area contributed by atoms with Crippen molar-refractivity contribution < 1.29 is 17.9 Å². The first-order chi connectivity index (χ1) is 11.4. The van der Waals surface area contributed by atoms with Crippen LogP contribution in [0.15, 0.2) is 42.5 Å². The minimum atomic E-state index is -3.32. The molecule has 1 N–H and O–H groups in total. The maximum absolute atomic E-state index is 11.8. The second-order valence-corrected chi connectivity index (χ2v) is 8.00. The summed E-state index contributed by atoms with van der Waals surface area (Å²) in [6, 6.07) is 13.0. The number of sulfonamides is 1. The van der Waals surface area contributed by atoms with Crippen molar-refractivity contribution >= 4 is 27.9 Å².